The number of primary amides is 1. The number of amides is 1. The Bertz CT molecular complexity index is 1050. The molecule has 2 aromatic carbocycles. The molecule has 0 aliphatic carbocycles. The van der Waals surface area contributed by atoms with Gasteiger partial charge in [0.25, 0.3) is 5.91 Å². The molecule has 3 N–H and O–H groups in total. The summed E-state index contributed by atoms with van der Waals surface area (Å²) < 4.78 is 7.30. The minimum absolute atomic E-state index is 0.293. The van der Waals surface area contributed by atoms with Crippen molar-refractivity contribution in [2.75, 3.05) is 6.61 Å². The van der Waals surface area contributed by atoms with Crippen LogP contribution in [0.5, 0.6) is 5.75 Å². The van der Waals surface area contributed by atoms with Crippen molar-refractivity contribution in [3.63, 3.8) is 0 Å². The molecule has 0 saturated heterocycles. The third-order valence-corrected chi connectivity index (χ3v) is 4.38. The lowest BCUT2D eigenvalue weighted by Crippen LogP contribution is -2.24. The van der Waals surface area contributed by atoms with E-state index in [4.69, 9.17) is 15.6 Å². The van der Waals surface area contributed by atoms with Crippen molar-refractivity contribution in [2.24, 2.45) is 5.73 Å². The van der Waals surface area contributed by atoms with Gasteiger partial charge in [-0.1, -0.05) is 24.3 Å². The third kappa shape index (κ3) is 3.67. The summed E-state index contributed by atoms with van der Waals surface area (Å²) in [5, 5.41) is 9.59. The van der Waals surface area contributed by atoms with Crippen LogP contribution in [0.25, 0.3) is 10.9 Å². The number of fused-ring (bicyclic) bond motifs is 1. The van der Waals surface area contributed by atoms with E-state index < -0.39 is 24.3 Å². The van der Waals surface area contributed by atoms with Crippen molar-refractivity contribution in [1.29, 1.82) is 0 Å². The number of aliphatic carboxylic acids is 1. The fourth-order valence-corrected chi connectivity index (χ4v) is 3.02. The average Bonchev–Trinajstić information content (AvgIpc) is 3.04. The number of ketones is 1. The average molecular weight is 366 g/mol. The zero-order valence-corrected chi connectivity index (χ0v) is 14.6. The van der Waals surface area contributed by atoms with E-state index in [1.165, 1.54) is 0 Å². The van der Waals surface area contributed by atoms with E-state index >= 15 is 0 Å². The Morgan fingerprint density at radius 3 is 2.56 bits per heavy atom. The van der Waals surface area contributed by atoms with Gasteiger partial charge in [0.15, 0.2) is 6.61 Å². The van der Waals surface area contributed by atoms with Gasteiger partial charge < -0.3 is 20.1 Å². The molecule has 3 rings (SSSR count). The van der Waals surface area contributed by atoms with Crippen LogP contribution in [0, 0.1) is 6.92 Å². The van der Waals surface area contributed by atoms with Gasteiger partial charge in [-0.3, -0.25) is 9.59 Å². The molecule has 0 atom stereocenters. The molecule has 3 aromatic rings. The van der Waals surface area contributed by atoms with Crippen LogP contribution < -0.4 is 10.5 Å². The van der Waals surface area contributed by atoms with Crippen molar-refractivity contribution in [1.82, 2.24) is 4.57 Å². The van der Waals surface area contributed by atoms with E-state index in [9.17, 15) is 14.4 Å². The van der Waals surface area contributed by atoms with E-state index in [2.05, 4.69) is 0 Å². The van der Waals surface area contributed by atoms with Gasteiger partial charge in [-0.15, -0.1) is 0 Å². The molecular weight excluding hydrogens is 348 g/mol. The molecule has 0 bridgehead atoms. The molecule has 1 heterocycles. The molecule has 27 heavy (non-hydrogen) atoms. The van der Waals surface area contributed by atoms with Gasteiger partial charge in [0.1, 0.15) is 5.75 Å². The van der Waals surface area contributed by atoms with E-state index in [1.54, 1.807) is 31.2 Å². The zero-order valence-electron chi connectivity index (χ0n) is 14.6. The van der Waals surface area contributed by atoms with Crippen LogP contribution in [0.3, 0.4) is 0 Å². The van der Waals surface area contributed by atoms with Gasteiger partial charge in [-0.2, -0.15) is 0 Å². The molecule has 1 aromatic heterocycles. The number of Topliss-reactive ketones (excluding diaryl/α,β-unsaturated/α-hetero) is 1. The van der Waals surface area contributed by atoms with Crippen LogP contribution in [0.15, 0.2) is 48.7 Å². The van der Waals surface area contributed by atoms with Gasteiger partial charge >= 0.3 is 5.97 Å². The number of nitrogens with two attached hydrogens (primary N) is 1. The van der Waals surface area contributed by atoms with Gasteiger partial charge in [0.2, 0.25) is 5.78 Å². The highest BCUT2D eigenvalue weighted by molar-refractivity contribution is 6.42. The molecular formula is C20H18N2O5. The van der Waals surface area contributed by atoms with E-state index in [0.29, 0.717) is 23.4 Å². The van der Waals surface area contributed by atoms with Crippen LogP contribution in [0.4, 0.5) is 0 Å². The monoisotopic (exact) mass is 366 g/mol. The summed E-state index contributed by atoms with van der Waals surface area (Å²) in [5.74, 6) is -2.25. The summed E-state index contributed by atoms with van der Waals surface area (Å²) in [5.41, 5.74) is 7.84. The maximum absolute atomic E-state index is 12.0. The van der Waals surface area contributed by atoms with Crippen molar-refractivity contribution in [3.05, 3.63) is 65.4 Å². The highest BCUT2D eigenvalue weighted by Gasteiger charge is 2.17. The number of carboxylic acid groups (broad SMARTS) is 1. The topological polar surface area (TPSA) is 112 Å². The van der Waals surface area contributed by atoms with Gasteiger partial charge in [-0.25, -0.2) is 4.79 Å². The number of benzene rings is 2. The Morgan fingerprint density at radius 2 is 1.85 bits per heavy atom. The minimum Gasteiger partial charge on any atom is -0.481 e. The molecule has 0 saturated carbocycles. The lowest BCUT2D eigenvalue weighted by atomic mass is 9.99. The predicted octanol–water partition coefficient (Wildman–Crippen LogP) is 2.13. The van der Waals surface area contributed by atoms with Crippen LogP contribution in [-0.2, 0) is 16.1 Å². The molecule has 0 aliphatic heterocycles. The fraction of sp³-hybridized carbons (Fsp3) is 0.150. The van der Waals surface area contributed by atoms with E-state index in [1.807, 2.05) is 29.0 Å². The van der Waals surface area contributed by atoms with E-state index in [0.717, 1.165) is 16.5 Å². The first-order chi connectivity index (χ1) is 12.9. The number of aromatic nitrogens is 1. The number of hydrogen-bond acceptors (Lipinski definition) is 4. The largest absolute Gasteiger partial charge is 0.481 e. The molecule has 0 fully saturated rings. The smallest absolute Gasteiger partial charge is 0.341 e. The first-order valence-electron chi connectivity index (χ1n) is 8.23. The number of carboxylic acids is 1. The van der Waals surface area contributed by atoms with Crippen molar-refractivity contribution >= 4 is 28.6 Å². The summed E-state index contributed by atoms with van der Waals surface area (Å²) in [6, 6.07) is 12.4. The van der Waals surface area contributed by atoms with Crippen LogP contribution in [-0.4, -0.2) is 33.9 Å². The number of carbonyl (C=O) groups is 3. The Balaban J connectivity index is 1.95. The molecule has 0 unspecified atom stereocenters. The molecule has 0 aliphatic rings. The maximum atomic E-state index is 12.0. The summed E-state index contributed by atoms with van der Waals surface area (Å²) in [6.45, 7) is 1.83. The highest BCUT2D eigenvalue weighted by atomic mass is 16.5. The van der Waals surface area contributed by atoms with Gasteiger partial charge in [-0.05, 0) is 36.2 Å². The molecule has 138 valence electrons. The number of nitrogens with zero attached hydrogens (tertiary/aromatic N) is 1. The van der Waals surface area contributed by atoms with Crippen LogP contribution in [0.1, 0.15) is 21.5 Å². The minimum atomic E-state index is -1.04. The third-order valence-electron chi connectivity index (χ3n) is 4.38. The number of hydrogen-bond donors (Lipinski definition) is 2. The van der Waals surface area contributed by atoms with Gasteiger partial charge in [0, 0.05) is 23.7 Å². The second kappa shape index (κ2) is 7.33. The van der Waals surface area contributed by atoms with Crippen molar-refractivity contribution in [2.45, 2.75) is 13.5 Å². The molecule has 7 nitrogen and oxygen atoms in total. The van der Waals surface area contributed by atoms with Gasteiger partial charge in [0.05, 0.1) is 5.52 Å². The Morgan fingerprint density at radius 1 is 1.11 bits per heavy atom. The SMILES string of the molecule is Cc1c(Cn2ccc3c(OCC(=O)O)cccc32)cccc1C(=O)C(N)=O. The lowest BCUT2D eigenvalue weighted by Gasteiger charge is -2.12. The second-order valence-corrected chi connectivity index (χ2v) is 6.10. The summed E-state index contributed by atoms with van der Waals surface area (Å²) in [7, 11) is 0. The van der Waals surface area contributed by atoms with E-state index in [-0.39, 0.29) is 0 Å². The van der Waals surface area contributed by atoms with Crippen molar-refractivity contribution in [3.8, 4) is 5.75 Å². The Hall–Kier alpha value is -3.61. The molecule has 0 radical (unpaired) electrons. The maximum Gasteiger partial charge on any atom is 0.341 e. The molecule has 0 spiro atoms. The van der Waals surface area contributed by atoms with Crippen LogP contribution in [0.2, 0.25) is 0 Å². The highest BCUT2D eigenvalue weighted by Crippen LogP contribution is 2.28. The number of ether oxygens (including phenoxy) is 1. The molecule has 7 heteroatoms. The first kappa shape index (κ1) is 18.2. The number of carbonyl (C=O) groups excluding carboxylic acids is 2. The summed E-state index contributed by atoms with van der Waals surface area (Å²) in [4.78, 5) is 33.9. The Labute approximate surface area is 155 Å². The standard InChI is InChI=1S/C20H18N2O5/c1-12-13(4-2-5-14(12)19(25)20(21)26)10-22-9-8-15-16(22)6-3-7-17(15)27-11-18(23)24/h2-9H,10-11H2,1H3,(H2,21,26)(H,23,24). The quantitative estimate of drug-likeness (QED) is 0.491. The Kier molecular flexibility index (Phi) is 4.94. The number of rotatable bonds is 7. The fourth-order valence-electron chi connectivity index (χ4n) is 3.02. The van der Waals surface area contributed by atoms with Crippen molar-refractivity contribution < 1.29 is 24.2 Å². The molecule has 1 amide bonds. The lowest BCUT2D eigenvalue weighted by molar-refractivity contribution is -0.139. The first-order valence-corrected chi connectivity index (χ1v) is 8.23. The van der Waals surface area contributed by atoms with Crippen LogP contribution >= 0.6 is 0 Å². The normalized spacial score (nSPS) is 10.7. The zero-order chi connectivity index (χ0) is 19.6. The summed E-state index contributed by atoms with van der Waals surface area (Å²) in [6.07, 6.45) is 1.86. The second-order valence-electron chi connectivity index (χ2n) is 6.10. The predicted molar refractivity (Wildman–Crippen MR) is 98.9 cm³/mol. The summed E-state index contributed by atoms with van der Waals surface area (Å²) >= 11 is 0.